The molecule has 1 rings (SSSR count). The minimum atomic E-state index is 0.102. The number of benzene rings is 1. The van der Waals surface area contributed by atoms with Crippen molar-refractivity contribution < 1.29 is 5.11 Å². The zero-order valence-electron chi connectivity index (χ0n) is 11.5. The fourth-order valence-corrected chi connectivity index (χ4v) is 2.53. The Balaban J connectivity index is 2.67. The van der Waals surface area contributed by atoms with Crippen LogP contribution in [0.15, 0.2) is 23.1 Å². The number of thioether (sulfide) groups is 1. The Kier molecular flexibility index (Phi) is 5.99. The molecule has 1 aromatic rings. The van der Waals surface area contributed by atoms with E-state index in [1.54, 1.807) is 11.8 Å². The summed E-state index contributed by atoms with van der Waals surface area (Å²) in [6.07, 6.45) is 0. The van der Waals surface area contributed by atoms with Gasteiger partial charge in [-0.05, 0) is 38.5 Å². The van der Waals surface area contributed by atoms with Crippen LogP contribution < -0.4 is 5.32 Å². The third kappa shape index (κ3) is 5.61. The van der Waals surface area contributed by atoms with Crippen molar-refractivity contribution >= 4 is 23.4 Å². The molecule has 0 heterocycles. The number of aliphatic hydroxyl groups excluding tert-OH is 1. The molecule has 0 bridgehead atoms. The smallest absolute Gasteiger partial charge is 0.0550 e. The molecule has 0 aliphatic heterocycles. The molecule has 0 aliphatic rings. The predicted octanol–water partition coefficient (Wildman–Crippen LogP) is 3.70. The maximum Gasteiger partial charge on any atom is 0.0550 e. The van der Waals surface area contributed by atoms with Crippen molar-refractivity contribution in [1.29, 1.82) is 0 Å². The quantitative estimate of drug-likeness (QED) is 0.810. The highest BCUT2D eigenvalue weighted by Gasteiger charge is 2.10. The molecule has 0 amide bonds. The Bertz CT molecular complexity index is 390. The van der Waals surface area contributed by atoms with Gasteiger partial charge in [0, 0.05) is 22.2 Å². The van der Waals surface area contributed by atoms with Gasteiger partial charge in [-0.3, -0.25) is 0 Å². The van der Waals surface area contributed by atoms with Crippen LogP contribution in [-0.2, 0) is 6.54 Å². The SMILES string of the molecule is CC(CO)Sc1ccc(CNC(C)(C)C)cc1Cl. The van der Waals surface area contributed by atoms with Gasteiger partial charge < -0.3 is 10.4 Å². The minimum absolute atomic E-state index is 0.102. The highest BCUT2D eigenvalue weighted by molar-refractivity contribution is 8.00. The molecular weight excluding hydrogens is 266 g/mol. The number of rotatable bonds is 5. The van der Waals surface area contributed by atoms with Crippen molar-refractivity contribution in [3.8, 4) is 0 Å². The summed E-state index contributed by atoms with van der Waals surface area (Å²) in [6, 6.07) is 6.10. The lowest BCUT2D eigenvalue weighted by Gasteiger charge is -2.20. The summed E-state index contributed by atoms with van der Waals surface area (Å²) in [6.45, 7) is 9.37. The first-order valence-corrected chi connectivity index (χ1v) is 7.38. The fourth-order valence-electron chi connectivity index (χ4n) is 1.37. The Hall–Kier alpha value is -0.220. The van der Waals surface area contributed by atoms with Crippen LogP contribution in [0.4, 0.5) is 0 Å². The molecule has 1 unspecified atom stereocenters. The van der Waals surface area contributed by atoms with E-state index in [0.717, 1.165) is 16.5 Å². The molecule has 0 aliphatic carbocycles. The van der Waals surface area contributed by atoms with Crippen LogP contribution in [0.5, 0.6) is 0 Å². The van der Waals surface area contributed by atoms with Gasteiger partial charge in [0.1, 0.15) is 0 Å². The maximum atomic E-state index is 9.04. The summed E-state index contributed by atoms with van der Waals surface area (Å²) in [4.78, 5) is 1.03. The van der Waals surface area contributed by atoms with Crippen LogP contribution >= 0.6 is 23.4 Å². The third-order valence-electron chi connectivity index (χ3n) is 2.40. The summed E-state index contributed by atoms with van der Waals surface area (Å²) in [5.41, 5.74) is 1.28. The summed E-state index contributed by atoms with van der Waals surface area (Å²) < 4.78 is 0. The van der Waals surface area contributed by atoms with E-state index in [1.807, 2.05) is 19.1 Å². The van der Waals surface area contributed by atoms with Crippen LogP contribution in [-0.4, -0.2) is 22.5 Å². The molecule has 0 spiro atoms. The van der Waals surface area contributed by atoms with Crippen molar-refractivity contribution in [2.24, 2.45) is 0 Å². The molecule has 2 N–H and O–H groups in total. The normalized spacial score (nSPS) is 13.7. The molecule has 18 heavy (non-hydrogen) atoms. The summed E-state index contributed by atoms with van der Waals surface area (Å²) in [5.74, 6) is 0. The predicted molar refractivity (Wildman–Crippen MR) is 80.4 cm³/mol. The molecule has 0 aromatic heterocycles. The van der Waals surface area contributed by atoms with Gasteiger partial charge in [-0.25, -0.2) is 0 Å². The lowest BCUT2D eigenvalue weighted by Crippen LogP contribution is -2.35. The van der Waals surface area contributed by atoms with Gasteiger partial charge >= 0.3 is 0 Å². The van der Waals surface area contributed by atoms with E-state index < -0.39 is 0 Å². The van der Waals surface area contributed by atoms with Crippen molar-refractivity contribution in [3.05, 3.63) is 28.8 Å². The van der Waals surface area contributed by atoms with Crippen LogP contribution in [0, 0.1) is 0 Å². The Labute approximate surface area is 119 Å². The van der Waals surface area contributed by atoms with E-state index in [4.69, 9.17) is 16.7 Å². The average Bonchev–Trinajstić information content (AvgIpc) is 2.28. The van der Waals surface area contributed by atoms with Gasteiger partial charge in [0.25, 0.3) is 0 Å². The number of hydrogen-bond donors (Lipinski definition) is 2. The molecule has 1 atom stereocenters. The first-order valence-electron chi connectivity index (χ1n) is 6.13. The monoisotopic (exact) mass is 287 g/mol. The van der Waals surface area contributed by atoms with Crippen molar-refractivity contribution in [1.82, 2.24) is 5.32 Å². The highest BCUT2D eigenvalue weighted by Crippen LogP contribution is 2.31. The summed E-state index contributed by atoms with van der Waals surface area (Å²) in [5, 5.41) is 13.4. The Morgan fingerprint density at radius 3 is 2.56 bits per heavy atom. The summed E-state index contributed by atoms with van der Waals surface area (Å²) >= 11 is 7.85. The average molecular weight is 288 g/mol. The fraction of sp³-hybridized carbons (Fsp3) is 0.571. The summed E-state index contributed by atoms with van der Waals surface area (Å²) in [7, 11) is 0. The van der Waals surface area contributed by atoms with E-state index in [-0.39, 0.29) is 17.4 Å². The van der Waals surface area contributed by atoms with Gasteiger partial charge in [-0.15, -0.1) is 11.8 Å². The zero-order chi connectivity index (χ0) is 13.8. The first-order chi connectivity index (χ1) is 8.31. The minimum Gasteiger partial charge on any atom is -0.395 e. The number of nitrogens with one attached hydrogen (secondary N) is 1. The topological polar surface area (TPSA) is 32.3 Å². The van der Waals surface area contributed by atoms with Crippen molar-refractivity contribution in [2.45, 2.75) is 49.9 Å². The van der Waals surface area contributed by atoms with Gasteiger partial charge in [0.05, 0.1) is 11.6 Å². The van der Waals surface area contributed by atoms with Gasteiger partial charge in [-0.1, -0.05) is 24.6 Å². The second kappa shape index (κ2) is 6.80. The number of halogens is 1. The van der Waals surface area contributed by atoms with Gasteiger partial charge in [0.15, 0.2) is 0 Å². The van der Waals surface area contributed by atoms with Gasteiger partial charge in [-0.2, -0.15) is 0 Å². The van der Waals surface area contributed by atoms with Crippen LogP contribution in [0.2, 0.25) is 5.02 Å². The molecule has 0 radical (unpaired) electrons. The largest absolute Gasteiger partial charge is 0.395 e. The first kappa shape index (κ1) is 15.8. The van der Waals surface area contributed by atoms with Crippen molar-refractivity contribution in [3.63, 3.8) is 0 Å². The van der Waals surface area contributed by atoms with E-state index in [0.29, 0.717) is 0 Å². The maximum absolute atomic E-state index is 9.04. The molecule has 102 valence electrons. The van der Waals surface area contributed by atoms with Crippen molar-refractivity contribution in [2.75, 3.05) is 6.61 Å². The zero-order valence-corrected chi connectivity index (χ0v) is 13.0. The lowest BCUT2D eigenvalue weighted by atomic mass is 10.1. The van der Waals surface area contributed by atoms with E-state index >= 15 is 0 Å². The standard InChI is InChI=1S/C14H22ClNOS/c1-10(9-17)18-13-6-5-11(7-12(13)15)8-16-14(2,3)4/h5-7,10,16-17H,8-9H2,1-4H3. The molecule has 4 heteroatoms. The second-order valence-corrected chi connectivity index (χ2v) is 7.37. The Morgan fingerprint density at radius 1 is 1.39 bits per heavy atom. The third-order valence-corrected chi connectivity index (χ3v) is 3.99. The highest BCUT2D eigenvalue weighted by atomic mass is 35.5. The molecule has 0 fully saturated rings. The van der Waals surface area contributed by atoms with Crippen LogP contribution in [0.1, 0.15) is 33.3 Å². The Morgan fingerprint density at radius 2 is 2.06 bits per heavy atom. The lowest BCUT2D eigenvalue weighted by molar-refractivity contribution is 0.300. The van der Waals surface area contributed by atoms with E-state index in [9.17, 15) is 0 Å². The molecule has 1 aromatic carbocycles. The molecular formula is C14H22ClNOS. The van der Waals surface area contributed by atoms with Crippen LogP contribution in [0.3, 0.4) is 0 Å². The molecule has 2 nitrogen and oxygen atoms in total. The van der Waals surface area contributed by atoms with Crippen LogP contribution in [0.25, 0.3) is 0 Å². The molecule has 0 saturated heterocycles. The molecule has 0 saturated carbocycles. The van der Waals surface area contributed by atoms with E-state index in [2.05, 4.69) is 32.2 Å². The number of hydrogen-bond acceptors (Lipinski definition) is 3. The van der Waals surface area contributed by atoms with Gasteiger partial charge in [0.2, 0.25) is 0 Å². The second-order valence-electron chi connectivity index (χ2n) is 5.48. The number of aliphatic hydroxyl groups is 1. The van der Waals surface area contributed by atoms with E-state index in [1.165, 1.54) is 5.56 Å².